The molecule has 8 heteroatoms. The van der Waals surface area contributed by atoms with Crippen molar-refractivity contribution in [1.82, 2.24) is 14.1 Å². The molecule has 0 fully saturated rings. The van der Waals surface area contributed by atoms with E-state index in [1.807, 2.05) is 62.6 Å². The van der Waals surface area contributed by atoms with Gasteiger partial charge in [0.15, 0.2) is 0 Å². The monoisotopic (exact) mass is 430 g/mol. The van der Waals surface area contributed by atoms with Gasteiger partial charge in [-0.3, -0.25) is 0 Å². The molecule has 2 amide bonds. The standard InChI is InChI=1S/C22H30N4O3S/c1-24(2)14-15-25(16-18-8-5-4-6-9-18)22(27)23-21-11-7-10-19-17-26(30(3,28)29)13-12-20(19)21/h4-11H,12-17H2,1-3H3,(H,23,27). The summed E-state index contributed by atoms with van der Waals surface area (Å²) in [5, 5.41) is 3.07. The van der Waals surface area contributed by atoms with E-state index in [0.29, 0.717) is 32.6 Å². The molecular formula is C22H30N4O3S. The number of hydrogen-bond donors (Lipinski definition) is 1. The minimum absolute atomic E-state index is 0.153. The van der Waals surface area contributed by atoms with E-state index in [2.05, 4.69) is 10.2 Å². The van der Waals surface area contributed by atoms with Crippen LogP contribution in [0.25, 0.3) is 0 Å². The van der Waals surface area contributed by atoms with Gasteiger partial charge in [-0.2, -0.15) is 4.31 Å². The first-order valence-electron chi connectivity index (χ1n) is 10.0. The van der Waals surface area contributed by atoms with Gasteiger partial charge in [0.1, 0.15) is 0 Å². The summed E-state index contributed by atoms with van der Waals surface area (Å²) in [4.78, 5) is 17.0. The van der Waals surface area contributed by atoms with Gasteiger partial charge in [0, 0.05) is 38.4 Å². The lowest BCUT2D eigenvalue weighted by Crippen LogP contribution is -2.39. The number of urea groups is 1. The van der Waals surface area contributed by atoms with Crippen LogP contribution < -0.4 is 5.32 Å². The molecule has 162 valence electrons. The van der Waals surface area contributed by atoms with Crippen molar-refractivity contribution in [3.8, 4) is 0 Å². The van der Waals surface area contributed by atoms with Gasteiger partial charge >= 0.3 is 6.03 Å². The Bertz CT molecular complexity index is 977. The summed E-state index contributed by atoms with van der Waals surface area (Å²) in [6.07, 6.45) is 1.81. The van der Waals surface area contributed by atoms with Crippen LogP contribution in [0.4, 0.5) is 10.5 Å². The van der Waals surface area contributed by atoms with E-state index in [1.165, 1.54) is 10.6 Å². The predicted octanol–water partition coefficient (Wildman–Crippen LogP) is 2.60. The maximum Gasteiger partial charge on any atom is 0.322 e. The van der Waals surface area contributed by atoms with Crippen LogP contribution in [0.3, 0.4) is 0 Å². The zero-order valence-corrected chi connectivity index (χ0v) is 18.7. The highest BCUT2D eigenvalue weighted by molar-refractivity contribution is 7.88. The molecule has 0 atom stereocenters. The van der Waals surface area contributed by atoms with Gasteiger partial charge < -0.3 is 15.1 Å². The smallest absolute Gasteiger partial charge is 0.319 e. The first-order chi connectivity index (χ1) is 14.2. The first kappa shape index (κ1) is 22.3. The molecule has 0 aliphatic carbocycles. The largest absolute Gasteiger partial charge is 0.322 e. The molecule has 0 saturated carbocycles. The first-order valence-corrected chi connectivity index (χ1v) is 11.9. The average Bonchev–Trinajstić information content (AvgIpc) is 2.70. The fraction of sp³-hybridized carbons (Fsp3) is 0.409. The summed E-state index contributed by atoms with van der Waals surface area (Å²) in [7, 11) is 0.737. The van der Waals surface area contributed by atoms with Crippen LogP contribution in [0.1, 0.15) is 16.7 Å². The zero-order valence-electron chi connectivity index (χ0n) is 17.8. The highest BCUT2D eigenvalue weighted by Crippen LogP contribution is 2.27. The summed E-state index contributed by atoms with van der Waals surface area (Å²) in [5.41, 5.74) is 3.78. The van der Waals surface area contributed by atoms with Crippen molar-refractivity contribution in [2.45, 2.75) is 19.5 Å². The van der Waals surface area contributed by atoms with Gasteiger partial charge in [0.2, 0.25) is 10.0 Å². The Kier molecular flexibility index (Phi) is 7.12. The minimum atomic E-state index is -3.23. The van der Waals surface area contributed by atoms with Crippen molar-refractivity contribution < 1.29 is 13.2 Å². The highest BCUT2D eigenvalue weighted by Gasteiger charge is 2.25. The molecule has 1 heterocycles. The van der Waals surface area contributed by atoms with E-state index >= 15 is 0 Å². The Morgan fingerprint density at radius 3 is 2.47 bits per heavy atom. The molecule has 0 radical (unpaired) electrons. The molecule has 30 heavy (non-hydrogen) atoms. The average molecular weight is 431 g/mol. The normalized spacial score (nSPS) is 14.4. The summed E-state index contributed by atoms with van der Waals surface area (Å²) < 4.78 is 25.3. The van der Waals surface area contributed by atoms with Gasteiger partial charge in [-0.05, 0) is 43.3 Å². The summed E-state index contributed by atoms with van der Waals surface area (Å²) in [6, 6.07) is 15.5. The number of amides is 2. The zero-order chi connectivity index (χ0) is 21.7. The van der Waals surface area contributed by atoms with Crippen molar-refractivity contribution in [3.63, 3.8) is 0 Å². The van der Waals surface area contributed by atoms with Crippen LogP contribution in [0.5, 0.6) is 0 Å². The Hall–Kier alpha value is -2.42. The minimum Gasteiger partial charge on any atom is -0.319 e. The number of likely N-dealkylation sites (N-methyl/N-ethyl adjacent to an activating group) is 1. The second-order valence-electron chi connectivity index (χ2n) is 7.93. The number of rotatable bonds is 7. The lowest BCUT2D eigenvalue weighted by molar-refractivity contribution is 0.202. The van der Waals surface area contributed by atoms with Crippen LogP contribution in [0, 0.1) is 0 Å². The van der Waals surface area contributed by atoms with Crippen LogP contribution in [-0.4, -0.2) is 68.5 Å². The van der Waals surface area contributed by atoms with Gasteiger partial charge in [-0.15, -0.1) is 0 Å². The Labute approximate surface area is 179 Å². The van der Waals surface area contributed by atoms with Crippen LogP contribution in [0.2, 0.25) is 0 Å². The van der Waals surface area contributed by atoms with E-state index < -0.39 is 10.0 Å². The maximum absolute atomic E-state index is 13.1. The molecule has 0 unspecified atom stereocenters. The van der Waals surface area contributed by atoms with Gasteiger partial charge in [0.25, 0.3) is 0 Å². The predicted molar refractivity (Wildman–Crippen MR) is 120 cm³/mol. The van der Waals surface area contributed by atoms with Crippen LogP contribution in [0.15, 0.2) is 48.5 Å². The molecule has 0 saturated heterocycles. The van der Waals surface area contributed by atoms with Crippen molar-refractivity contribution in [3.05, 3.63) is 65.2 Å². The van der Waals surface area contributed by atoms with Crippen molar-refractivity contribution in [2.24, 2.45) is 0 Å². The number of nitrogens with zero attached hydrogens (tertiary/aromatic N) is 3. The lowest BCUT2D eigenvalue weighted by atomic mass is 9.99. The number of carbonyl (C=O) groups excluding carboxylic acids is 1. The molecular weight excluding hydrogens is 400 g/mol. The van der Waals surface area contributed by atoms with E-state index in [1.54, 1.807) is 4.90 Å². The van der Waals surface area contributed by atoms with Crippen molar-refractivity contribution in [2.75, 3.05) is 45.3 Å². The van der Waals surface area contributed by atoms with E-state index in [4.69, 9.17) is 0 Å². The van der Waals surface area contributed by atoms with E-state index in [0.717, 1.165) is 28.9 Å². The molecule has 0 spiro atoms. The highest BCUT2D eigenvalue weighted by atomic mass is 32.2. The summed E-state index contributed by atoms with van der Waals surface area (Å²) >= 11 is 0. The van der Waals surface area contributed by atoms with Crippen molar-refractivity contribution in [1.29, 1.82) is 0 Å². The Morgan fingerprint density at radius 1 is 1.07 bits per heavy atom. The number of hydrogen-bond acceptors (Lipinski definition) is 4. The summed E-state index contributed by atoms with van der Waals surface area (Å²) in [5.74, 6) is 0. The topological polar surface area (TPSA) is 73.0 Å². The molecule has 0 bridgehead atoms. The number of carbonyl (C=O) groups is 1. The molecule has 2 aromatic carbocycles. The quantitative estimate of drug-likeness (QED) is 0.733. The lowest BCUT2D eigenvalue weighted by Gasteiger charge is -2.29. The Balaban J connectivity index is 1.77. The van der Waals surface area contributed by atoms with Gasteiger partial charge in [-0.1, -0.05) is 42.5 Å². The third kappa shape index (κ3) is 5.81. The van der Waals surface area contributed by atoms with Crippen molar-refractivity contribution >= 4 is 21.7 Å². The second-order valence-corrected chi connectivity index (χ2v) is 9.91. The molecule has 2 aromatic rings. The maximum atomic E-state index is 13.1. The van der Waals surface area contributed by atoms with Crippen LogP contribution >= 0.6 is 0 Å². The van der Waals surface area contributed by atoms with E-state index in [9.17, 15) is 13.2 Å². The SMILES string of the molecule is CN(C)CCN(Cc1ccccc1)C(=O)Nc1cccc2c1CCN(S(C)(=O)=O)C2. The number of fused-ring (bicyclic) bond motifs is 1. The number of benzene rings is 2. The van der Waals surface area contributed by atoms with E-state index in [-0.39, 0.29) is 6.03 Å². The summed E-state index contributed by atoms with van der Waals surface area (Å²) in [6.45, 7) is 2.65. The molecule has 1 aliphatic rings. The second kappa shape index (κ2) is 9.59. The fourth-order valence-corrected chi connectivity index (χ4v) is 4.35. The van der Waals surface area contributed by atoms with Gasteiger partial charge in [-0.25, -0.2) is 13.2 Å². The number of anilines is 1. The number of sulfonamides is 1. The van der Waals surface area contributed by atoms with Gasteiger partial charge in [0.05, 0.1) is 6.26 Å². The molecule has 3 rings (SSSR count). The third-order valence-corrected chi connectivity index (χ3v) is 6.51. The van der Waals surface area contributed by atoms with Crippen LogP contribution in [-0.2, 0) is 29.5 Å². The Morgan fingerprint density at radius 2 is 1.80 bits per heavy atom. The third-order valence-electron chi connectivity index (χ3n) is 5.26. The number of nitrogens with one attached hydrogen (secondary N) is 1. The molecule has 7 nitrogen and oxygen atoms in total. The molecule has 0 aromatic heterocycles. The fourth-order valence-electron chi connectivity index (χ4n) is 3.55. The molecule has 1 aliphatic heterocycles. The molecule has 1 N–H and O–H groups in total.